The van der Waals surface area contributed by atoms with Crippen LogP contribution in [-0.2, 0) is 6.18 Å². The van der Waals surface area contributed by atoms with Crippen molar-refractivity contribution in [2.45, 2.75) is 46.0 Å². The Bertz CT molecular complexity index is 1510. The highest BCUT2D eigenvalue weighted by Crippen LogP contribution is 2.37. The van der Waals surface area contributed by atoms with E-state index in [-0.39, 0.29) is 34.6 Å². The van der Waals surface area contributed by atoms with Crippen LogP contribution in [-0.4, -0.2) is 63.6 Å². The topological polar surface area (TPSA) is 89.0 Å². The molecule has 0 spiro atoms. The number of carbonyl (C=O) groups is 1. The number of carbonyl (C=O) groups excluding carboxylic acids is 1. The standard InChI is InChI=1S/C30H35F3N6O2/c1-18(2)38(16-15-37(5)20(4)21-7-11-23(34)12-8-21)29(40)25-17-35-39-27(30(31,32)33)19(3)26(36-28(25)39)22-9-13-24(41-6)14-10-22/h7-14,17-18,20H,15-16,34H2,1-6H3/t20-/m0/s1. The van der Waals surface area contributed by atoms with Crippen molar-refractivity contribution in [2.24, 2.45) is 0 Å². The first-order valence-corrected chi connectivity index (χ1v) is 13.3. The number of anilines is 1. The van der Waals surface area contributed by atoms with Gasteiger partial charge in [-0.15, -0.1) is 0 Å². The van der Waals surface area contributed by atoms with Crippen LogP contribution < -0.4 is 10.5 Å². The lowest BCUT2D eigenvalue weighted by Crippen LogP contribution is -2.42. The van der Waals surface area contributed by atoms with E-state index in [1.807, 2.05) is 45.2 Å². The van der Waals surface area contributed by atoms with E-state index in [1.54, 1.807) is 29.2 Å². The van der Waals surface area contributed by atoms with Crippen LogP contribution in [0.5, 0.6) is 5.75 Å². The maximum atomic E-state index is 14.3. The number of methoxy groups -OCH3 is 1. The molecule has 0 bridgehead atoms. The van der Waals surface area contributed by atoms with Crippen molar-refractivity contribution < 1.29 is 22.7 Å². The van der Waals surface area contributed by atoms with Gasteiger partial charge < -0.3 is 15.4 Å². The molecule has 0 aliphatic heterocycles. The lowest BCUT2D eigenvalue weighted by Gasteiger charge is -2.31. The molecule has 8 nitrogen and oxygen atoms in total. The molecule has 0 aliphatic rings. The monoisotopic (exact) mass is 568 g/mol. The number of hydrogen-bond acceptors (Lipinski definition) is 6. The normalized spacial score (nSPS) is 12.8. The Morgan fingerprint density at radius 2 is 1.68 bits per heavy atom. The molecule has 4 rings (SSSR count). The average Bonchev–Trinajstić information content (AvgIpc) is 3.34. The molecule has 2 aromatic heterocycles. The van der Waals surface area contributed by atoms with Crippen LogP contribution in [0.4, 0.5) is 18.9 Å². The number of nitrogen functional groups attached to an aromatic ring is 1. The molecule has 1 atom stereocenters. The van der Waals surface area contributed by atoms with Crippen molar-refractivity contribution >= 4 is 17.2 Å². The van der Waals surface area contributed by atoms with Crippen LogP contribution in [0.1, 0.15) is 54.0 Å². The average molecular weight is 569 g/mol. The molecule has 0 unspecified atom stereocenters. The summed E-state index contributed by atoms with van der Waals surface area (Å²) in [5, 5.41) is 3.99. The highest BCUT2D eigenvalue weighted by molar-refractivity contribution is 6.00. The summed E-state index contributed by atoms with van der Waals surface area (Å²) in [6.07, 6.45) is -3.55. The molecule has 1 amide bonds. The Hall–Kier alpha value is -4.12. The molecule has 0 aliphatic carbocycles. The summed E-state index contributed by atoms with van der Waals surface area (Å²) in [5.41, 5.74) is 6.97. The van der Waals surface area contributed by atoms with Crippen LogP contribution in [0, 0.1) is 6.92 Å². The van der Waals surface area contributed by atoms with Gasteiger partial charge in [0.2, 0.25) is 0 Å². The molecule has 41 heavy (non-hydrogen) atoms. The summed E-state index contributed by atoms with van der Waals surface area (Å²) in [6.45, 7) is 8.04. The van der Waals surface area contributed by atoms with Gasteiger partial charge in [-0.2, -0.15) is 18.3 Å². The lowest BCUT2D eigenvalue weighted by atomic mass is 10.0. The van der Waals surface area contributed by atoms with Crippen LogP contribution in [0.25, 0.3) is 16.9 Å². The Labute approximate surface area is 237 Å². The van der Waals surface area contributed by atoms with Gasteiger partial charge in [0.1, 0.15) is 11.3 Å². The van der Waals surface area contributed by atoms with Crippen molar-refractivity contribution in [3.8, 4) is 17.0 Å². The number of fused-ring (bicyclic) bond motifs is 1. The second-order valence-electron chi connectivity index (χ2n) is 10.4. The predicted octanol–water partition coefficient (Wildman–Crippen LogP) is 5.86. The first-order valence-electron chi connectivity index (χ1n) is 13.3. The van der Waals surface area contributed by atoms with E-state index >= 15 is 0 Å². The van der Waals surface area contributed by atoms with E-state index in [2.05, 4.69) is 21.9 Å². The summed E-state index contributed by atoms with van der Waals surface area (Å²) in [5.74, 6) is 0.126. The third-order valence-corrected chi connectivity index (χ3v) is 7.40. The summed E-state index contributed by atoms with van der Waals surface area (Å²) in [7, 11) is 3.47. The van der Waals surface area contributed by atoms with E-state index in [9.17, 15) is 18.0 Å². The third-order valence-electron chi connectivity index (χ3n) is 7.40. The second kappa shape index (κ2) is 11.8. The van der Waals surface area contributed by atoms with E-state index in [1.165, 1.54) is 20.2 Å². The summed E-state index contributed by atoms with van der Waals surface area (Å²) < 4.78 is 48.9. The van der Waals surface area contributed by atoms with Crippen molar-refractivity contribution in [3.05, 3.63) is 77.1 Å². The van der Waals surface area contributed by atoms with Crippen LogP contribution in [0.3, 0.4) is 0 Å². The van der Waals surface area contributed by atoms with Gasteiger partial charge in [-0.25, -0.2) is 9.50 Å². The predicted molar refractivity (Wildman–Crippen MR) is 153 cm³/mol. The van der Waals surface area contributed by atoms with Gasteiger partial charge in [0, 0.05) is 42.0 Å². The third kappa shape index (κ3) is 6.14. The van der Waals surface area contributed by atoms with Crippen LogP contribution in [0.15, 0.2) is 54.7 Å². The van der Waals surface area contributed by atoms with Crippen molar-refractivity contribution in [1.29, 1.82) is 0 Å². The molecule has 2 N–H and O–H groups in total. The number of aromatic nitrogens is 3. The first kappa shape index (κ1) is 29.9. The number of nitrogens with two attached hydrogens (primary N) is 1. The number of halogens is 3. The maximum absolute atomic E-state index is 14.3. The number of hydrogen-bond donors (Lipinski definition) is 1. The molecule has 218 valence electrons. The minimum absolute atomic E-state index is 0.00759. The molecule has 2 aromatic carbocycles. The largest absolute Gasteiger partial charge is 0.497 e. The van der Waals surface area contributed by atoms with Gasteiger partial charge in [-0.05, 0) is 76.7 Å². The fourth-order valence-corrected chi connectivity index (χ4v) is 4.82. The van der Waals surface area contributed by atoms with Crippen LogP contribution >= 0.6 is 0 Å². The first-order chi connectivity index (χ1) is 19.3. The zero-order valence-corrected chi connectivity index (χ0v) is 24.0. The smallest absolute Gasteiger partial charge is 0.433 e. The van der Waals surface area contributed by atoms with Gasteiger partial charge in [0.15, 0.2) is 11.3 Å². The zero-order valence-electron chi connectivity index (χ0n) is 24.0. The minimum atomic E-state index is -4.72. The Morgan fingerprint density at radius 1 is 1.05 bits per heavy atom. The number of amides is 1. The van der Waals surface area contributed by atoms with Gasteiger partial charge in [0.25, 0.3) is 5.91 Å². The highest BCUT2D eigenvalue weighted by atomic mass is 19.4. The van der Waals surface area contributed by atoms with Gasteiger partial charge >= 0.3 is 6.18 Å². The molecule has 0 saturated heterocycles. The molecule has 0 radical (unpaired) electrons. The molecular formula is C30H35F3N6O2. The molecule has 4 aromatic rings. The molecule has 11 heteroatoms. The quantitative estimate of drug-likeness (QED) is 0.255. The number of rotatable bonds is 9. The SMILES string of the molecule is COc1ccc(-c2nc3c(C(=O)N(CCN(C)[C@@H](C)c4ccc(N)cc4)C(C)C)cnn3c(C(F)(F)F)c2C)cc1. The summed E-state index contributed by atoms with van der Waals surface area (Å²) in [6, 6.07) is 14.0. The molecule has 0 saturated carbocycles. The van der Waals surface area contributed by atoms with E-state index < -0.39 is 17.8 Å². The number of alkyl halides is 3. The fourth-order valence-electron chi connectivity index (χ4n) is 4.82. The maximum Gasteiger partial charge on any atom is 0.433 e. The van der Waals surface area contributed by atoms with Crippen molar-refractivity contribution in [1.82, 2.24) is 24.4 Å². The number of likely N-dealkylation sites (N-methyl/N-ethyl adjacent to an activating group) is 1. The van der Waals surface area contributed by atoms with Gasteiger partial charge in [-0.1, -0.05) is 12.1 Å². The molecule has 0 fully saturated rings. The van der Waals surface area contributed by atoms with Crippen molar-refractivity contribution in [2.75, 3.05) is 33.0 Å². The Kier molecular flexibility index (Phi) is 8.58. The molecular weight excluding hydrogens is 533 g/mol. The van der Waals surface area contributed by atoms with E-state index in [4.69, 9.17) is 10.5 Å². The number of benzene rings is 2. The number of nitrogens with zero attached hydrogens (tertiary/aromatic N) is 5. The van der Waals surface area contributed by atoms with Gasteiger partial charge in [0.05, 0.1) is 19.0 Å². The van der Waals surface area contributed by atoms with E-state index in [0.29, 0.717) is 30.1 Å². The summed E-state index contributed by atoms with van der Waals surface area (Å²) in [4.78, 5) is 22.1. The lowest BCUT2D eigenvalue weighted by molar-refractivity contribution is -0.143. The van der Waals surface area contributed by atoms with Gasteiger partial charge in [-0.3, -0.25) is 9.69 Å². The second-order valence-corrected chi connectivity index (χ2v) is 10.4. The minimum Gasteiger partial charge on any atom is -0.497 e. The van der Waals surface area contributed by atoms with E-state index in [0.717, 1.165) is 10.1 Å². The Balaban J connectivity index is 1.69. The zero-order chi connectivity index (χ0) is 30.1. The Morgan fingerprint density at radius 3 is 2.24 bits per heavy atom. The van der Waals surface area contributed by atoms with Crippen LogP contribution in [0.2, 0.25) is 0 Å². The van der Waals surface area contributed by atoms with Crippen molar-refractivity contribution in [3.63, 3.8) is 0 Å². The summed E-state index contributed by atoms with van der Waals surface area (Å²) >= 11 is 0. The fraction of sp³-hybridized carbons (Fsp3) is 0.367. The number of ether oxygens (including phenoxy) is 1. The highest BCUT2D eigenvalue weighted by Gasteiger charge is 2.39. The molecule has 2 heterocycles.